The maximum Gasteiger partial charge on any atom is 0.336 e. The smallest absolute Gasteiger partial charge is 0.336 e. The largest absolute Gasteiger partial charge is 0.478 e. The van der Waals surface area contributed by atoms with E-state index in [4.69, 9.17) is 5.11 Å². The molecule has 0 spiro atoms. The minimum absolute atomic E-state index is 0.0102. The van der Waals surface area contributed by atoms with Gasteiger partial charge in [-0.25, -0.2) is 4.79 Å². The minimum atomic E-state index is -3.63. The maximum atomic E-state index is 11.5. The molecular formula is C9H11BrN2O4S. The van der Waals surface area contributed by atoms with Gasteiger partial charge in [-0.1, -0.05) is 0 Å². The molecule has 0 fully saturated rings. The molecule has 8 heteroatoms. The van der Waals surface area contributed by atoms with Gasteiger partial charge in [0.15, 0.2) is 0 Å². The fraction of sp³-hybridized carbons (Fsp3) is 0.222. The van der Waals surface area contributed by atoms with Gasteiger partial charge in [0.1, 0.15) is 0 Å². The highest BCUT2D eigenvalue weighted by Gasteiger charge is 2.15. The summed E-state index contributed by atoms with van der Waals surface area (Å²) in [6.07, 6.45) is 0. The summed E-state index contributed by atoms with van der Waals surface area (Å²) in [4.78, 5) is 10.9. The van der Waals surface area contributed by atoms with Gasteiger partial charge in [-0.3, -0.25) is 4.72 Å². The number of halogens is 1. The van der Waals surface area contributed by atoms with Crippen LogP contribution in [0.3, 0.4) is 0 Å². The van der Waals surface area contributed by atoms with E-state index in [1.807, 2.05) is 0 Å². The lowest BCUT2D eigenvalue weighted by atomic mass is 10.2. The fourth-order valence-corrected chi connectivity index (χ4v) is 2.02. The van der Waals surface area contributed by atoms with Gasteiger partial charge in [0.05, 0.1) is 11.3 Å². The third kappa shape index (κ3) is 3.42. The summed E-state index contributed by atoms with van der Waals surface area (Å²) in [7, 11) is -0.883. The molecule has 6 nitrogen and oxygen atoms in total. The van der Waals surface area contributed by atoms with Crippen molar-refractivity contribution in [1.29, 1.82) is 0 Å². The Hall–Kier alpha value is -1.12. The molecule has 94 valence electrons. The van der Waals surface area contributed by atoms with Crippen molar-refractivity contribution in [2.24, 2.45) is 0 Å². The summed E-state index contributed by atoms with van der Waals surface area (Å²) in [5.74, 6) is -1.14. The number of anilines is 1. The van der Waals surface area contributed by atoms with Crippen LogP contribution in [-0.2, 0) is 10.2 Å². The summed E-state index contributed by atoms with van der Waals surface area (Å²) in [6.45, 7) is 0. The third-order valence-corrected chi connectivity index (χ3v) is 4.07. The van der Waals surface area contributed by atoms with Gasteiger partial charge in [-0.2, -0.15) is 12.7 Å². The average Bonchev–Trinajstić information content (AvgIpc) is 2.20. The van der Waals surface area contributed by atoms with Crippen LogP contribution in [0.1, 0.15) is 10.4 Å². The molecule has 0 unspecified atom stereocenters. The summed E-state index contributed by atoms with van der Waals surface area (Å²) >= 11 is 3.07. The molecule has 1 rings (SSSR count). The van der Waals surface area contributed by atoms with Crippen molar-refractivity contribution in [3.63, 3.8) is 0 Å². The van der Waals surface area contributed by atoms with E-state index in [9.17, 15) is 13.2 Å². The van der Waals surface area contributed by atoms with Gasteiger partial charge >= 0.3 is 16.2 Å². The minimum Gasteiger partial charge on any atom is -0.478 e. The quantitative estimate of drug-likeness (QED) is 0.876. The number of benzene rings is 1. The lowest BCUT2D eigenvalue weighted by molar-refractivity contribution is 0.0696. The van der Waals surface area contributed by atoms with Gasteiger partial charge in [-0.15, -0.1) is 0 Å². The molecule has 0 aliphatic carbocycles. The lowest BCUT2D eigenvalue weighted by Gasteiger charge is -2.13. The van der Waals surface area contributed by atoms with Crippen molar-refractivity contribution in [2.75, 3.05) is 18.8 Å². The third-order valence-electron chi connectivity index (χ3n) is 1.92. The molecule has 0 atom stereocenters. The van der Waals surface area contributed by atoms with Gasteiger partial charge in [0.2, 0.25) is 0 Å². The van der Waals surface area contributed by atoms with Crippen LogP contribution in [0.25, 0.3) is 0 Å². The number of nitrogens with one attached hydrogen (secondary N) is 1. The molecule has 0 aromatic heterocycles. The van der Waals surface area contributed by atoms with E-state index >= 15 is 0 Å². The number of carboxylic acids is 1. The van der Waals surface area contributed by atoms with E-state index in [1.54, 1.807) is 0 Å². The Morgan fingerprint density at radius 2 is 2.00 bits per heavy atom. The van der Waals surface area contributed by atoms with Crippen LogP contribution >= 0.6 is 15.9 Å². The topological polar surface area (TPSA) is 86.7 Å². The Balaban J connectivity index is 3.10. The first-order valence-electron chi connectivity index (χ1n) is 4.47. The zero-order valence-electron chi connectivity index (χ0n) is 9.14. The van der Waals surface area contributed by atoms with E-state index in [0.717, 1.165) is 4.31 Å². The molecule has 0 amide bonds. The molecule has 1 aromatic rings. The molecule has 0 saturated heterocycles. The highest BCUT2D eigenvalue weighted by Crippen LogP contribution is 2.22. The molecule has 0 heterocycles. The molecule has 1 aromatic carbocycles. The highest BCUT2D eigenvalue weighted by atomic mass is 79.9. The predicted octanol–water partition coefficient (Wildman–Crippen LogP) is 1.37. The van der Waals surface area contributed by atoms with Crippen LogP contribution in [-0.4, -0.2) is 37.9 Å². The standard InChI is InChI=1S/C9H11BrN2O4S/c1-12(2)17(15,16)11-6-3-4-8(10)7(5-6)9(13)14/h3-5,11H,1-2H3,(H,13,14). The SMILES string of the molecule is CN(C)S(=O)(=O)Nc1ccc(Br)c(C(=O)O)c1. The lowest BCUT2D eigenvalue weighted by Crippen LogP contribution is -2.29. The van der Waals surface area contributed by atoms with Gasteiger partial charge in [0, 0.05) is 18.6 Å². The molecule has 0 aliphatic rings. The van der Waals surface area contributed by atoms with Crippen molar-refractivity contribution in [1.82, 2.24) is 4.31 Å². The van der Waals surface area contributed by atoms with Crippen LogP contribution in [0.2, 0.25) is 0 Å². The Kier molecular flexibility index (Phi) is 4.12. The zero-order chi connectivity index (χ0) is 13.2. The fourth-order valence-electron chi connectivity index (χ4n) is 0.993. The Morgan fingerprint density at radius 3 is 2.47 bits per heavy atom. The van der Waals surface area contributed by atoms with E-state index < -0.39 is 16.2 Å². The first-order chi connectivity index (χ1) is 7.74. The summed E-state index contributed by atoms with van der Waals surface area (Å²) < 4.78 is 26.7. The summed E-state index contributed by atoms with van der Waals surface area (Å²) in [5.41, 5.74) is 0.184. The number of hydrogen-bond acceptors (Lipinski definition) is 3. The second-order valence-corrected chi connectivity index (χ2v) is 6.13. The van der Waals surface area contributed by atoms with Crippen LogP contribution < -0.4 is 4.72 Å². The first-order valence-corrected chi connectivity index (χ1v) is 6.70. The van der Waals surface area contributed by atoms with E-state index in [0.29, 0.717) is 4.47 Å². The van der Waals surface area contributed by atoms with Crippen LogP contribution in [0.15, 0.2) is 22.7 Å². The Bertz CT molecular complexity index is 542. The Labute approximate surface area is 108 Å². The second kappa shape index (κ2) is 5.03. The molecule has 0 aliphatic heterocycles. The van der Waals surface area contributed by atoms with Crippen molar-refractivity contribution >= 4 is 37.8 Å². The number of nitrogens with zero attached hydrogens (tertiary/aromatic N) is 1. The number of carboxylic acid groups (broad SMARTS) is 1. The van der Waals surface area contributed by atoms with Crippen molar-refractivity contribution in [3.05, 3.63) is 28.2 Å². The van der Waals surface area contributed by atoms with Crippen LogP contribution in [0, 0.1) is 0 Å². The molecule has 2 N–H and O–H groups in total. The van der Waals surface area contributed by atoms with Crippen molar-refractivity contribution in [3.8, 4) is 0 Å². The van der Waals surface area contributed by atoms with Gasteiger partial charge in [0.25, 0.3) is 0 Å². The van der Waals surface area contributed by atoms with Crippen LogP contribution in [0.4, 0.5) is 5.69 Å². The van der Waals surface area contributed by atoms with Crippen LogP contribution in [0.5, 0.6) is 0 Å². The summed E-state index contributed by atoms with van der Waals surface area (Å²) in [5, 5.41) is 8.88. The number of hydrogen-bond donors (Lipinski definition) is 2. The Morgan fingerprint density at radius 1 is 1.41 bits per heavy atom. The number of carbonyl (C=O) groups is 1. The average molecular weight is 323 g/mol. The van der Waals surface area contributed by atoms with Gasteiger partial charge in [-0.05, 0) is 34.1 Å². The van der Waals surface area contributed by atoms with Crippen molar-refractivity contribution < 1.29 is 18.3 Å². The van der Waals surface area contributed by atoms with E-state index in [1.165, 1.54) is 32.3 Å². The maximum absolute atomic E-state index is 11.5. The summed E-state index contributed by atoms with van der Waals surface area (Å²) in [6, 6.07) is 4.18. The van der Waals surface area contributed by atoms with E-state index in [-0.39, 0.29) is 11.3 Å². The number of rotatable bonds is 4. The first kappa shape index (κ1) is 13.9. The zero-order valence-corrected chi connectivity index (χ0v) is 11.5. The molecule has 0 bridgehead atoms. The molecule has 0 radical (unpaired) electrons. The number of aromatic carboxylic acids is 1. The normalized spacial score (nSPS) is 11.5. The molecule has 17 heavy (non-hydrogen) atoms. The second-order valence-electron chi connectivity index (χ2n) is 3.39. The molecule has 0 saturated carbocycles. The predicted molar refractivity (Wildman–Crippen MR) is 67.3 cm³/mol. The van der Waals surface area contributed by atoms with E-state index in [2.05, 4.69) is 20.7 Å². The van der Waals surface area contributed by atoms with Crippen molar-refractivity contribution in [2.45, 2.75) is 0 Å². The monoisotopic (exact) mass is 322 g/mol. The van der Waals surface area contributed by atoms with Gasteiger partial charge < -0.3 is 5.11 Å². The molecular weight excluding hydrogens is 312 g/mol. The highest BCUT2D eigenvalue weighted by molar-refractivity contribution is 9.10.